The molecular weight excluding hydrogens is 298 g/mol. The third-order valence-electron chi connectivity index (χ3n) is 4.43. The van der Waals surface area contributed by atoms with Crippen LogP contribution in [0.5, 0.6) is 11.5 Å². The highest BCUT2D eigenvalue weighted by Gasteiger charge is 2.18. The van der Waals surface area contributed by atoms with Crippen LogP contribution in [0.15, 0.2) is 72.8 Å². The Morgan fingerprint density at radius 1 is 0.708 bits per heavy atom. The zero-order chi connectivity index (χ0) is 15.9. The van der Waals surface area contributed by atoms with E-state index in [4.69, 9.17) is 9.47 Å². The summed E-state index contributed by atoms with van der Waals surface area (Å²) in [5, 5.41) is 1.22. The van der Waals surface area contributed by atoms with Crippen LogP contribution in [0, 0.1) is 0 Å². The fourth-order valence-electron chi connectivity index (χ4n) is 3.32. The molecule has 0 bridgehead atoms. The molecule has 3 aromatic carbocycles. The van der Waals surface area contributed by atoms with Crippen molar-refractivity contribution in [2.45, 2.75) is 0 Å². The number of ether oxygens (including phenoxy) is 2. The first kappa shape index (κ1) is 13.3. The second-order valence-corrected chi connectivity index (χ2v) is 5.85. The molecule has 1 aliphatic rings. The Bertz CT molecular complexity index is 1030. The van der Waals surface area contributed by atoms with Gasteiger partial charge < -0.3 is 14.5 Å². The predicted molar refractivity (Wildman–Crippen MR) is 95.3 cm³/mol. The SMILES string of the molecule is c1ccc(-c2c(-c3ccc4c(c3)OCO4)[nH]c3ccccc23)cc1. The van der Waals surface area contributed by atoms with E-state index < -0.39 is 0 Å². The van der Waals surface area contributed by atoms with Gasteiger partial charge in [0.2, 0.25) is 6.79 Å². The van der Waals surface area contributed by atoms with Crippen molar-refractivity contribution in [2.24, 2.45) is 0 Å². The average Bonchev–Trinajstić information content (AvgIpc) is 3.26. The van der Waals surface area contributed by atoms with E-state index in [0.717, 1.165) is 28.3 Å². The fourth-order valence-corrected chi connectivity index (χ4v) is 3.32. The molecule has 5 rings (SSSR count). The third-order valence-corrected chi connectivity index (χ3v) is 4.43. The first-order valence-corrected chi connectivity index (χ1v) is 7.96. The van der Waals surface area contributed by atoms with Crippen molar-refractivity contribution >= 4 is 10.9 Å². The fraction of sp³-hybridized carbons (Fsp3) is 0.0476. The number of nitrogens with one attached hydrogen (secondary N) is 1. The van der Waals surface area contributed by atoms with Gasteiger partial charge >= 0.3 is 0 Å². The number of benzene rings is 3. The van der Waals surface area contributed by atoms with Gasteiger partial charge in [0.15, 0.2) is 11.5 Å². The molecule has 24 heavy (non-hydrogen) atoms. The van der Waals surface area contributed by atoms with Crippen molar-refractivity contribution in [3.8, 4) is 33.9 Å². The van der Waals surface area contributed by atoms with Gasteiger partial charge in [-0.15, -0.1) is 0 Å². The lowest BCUT2D eigenvalue weighted by atomic mass is 9.98. The lowest BCUT2D eigenvalue weighted by Crippen LogP contribution is -1.92. The van der Waals surface area contributed by atoms with E-state index in [9.17, 15) is 0 Å². The number of hydrogen-bond acceptors (Lipinski definition) is 2. The van der Waals surface area contributed by atoms with E-state index in [-0.39, 0.29) is 6.79 Å². The van der Waals surface area contributed by atoms with Crippen LogP contribution in [0.4, 0.5) is 0 Å². The van der Waals surface area contributed by atoms with Crippen molar-refractivity contribution in [1.29, 1.82) is 0 Å². The van der Waals surface area contributed by atoms with Gasteiger partial charge in [0, 0.05) is 22.0 Å². The first-order valence-electron chi connectivity index (χ1n) is 7.96. The summed E-state index contributed by atoms with van der Waals surface area (Å²) in [6.07, 6.45) is 0. The molecule has 116 valence electrons. The zero-order valence-corrected chi connectivity index (χ0v) is 13.0. The number of para-hydroxylation sites is 1. The van der Waals surface area contributed by atoms with E-state index in [1.54, 1.807) is 0 Å². The van der Waals surface area contributed by atoms with Gasteiger partial charge in [-0.1, -0.05) is 48.5 Å². The molecule has 0 saturated heterocycles. The summed E-state index contributed by atoms with van der Waals surface area (Å²) in [5.41, 5.74) is 5.73. The van der Waals surface area contributed by atoms with Crippen LogP contribution in [-0.4, -0.2) is 11.8 Å². The lowest BCUT2D eigenvalue weighted by molar-refractivity contribution is 0.174. The molecule has 0 spiro atoms. The predicted octanol–water partition coefficient (Wildman–Crippen LogP) is 5.23. The monoisotopic (exact) mass is 313 g/mol. The average molecular weight is 313 g/mol. The summed E-state index contributed by atoms with van der Waals surface area (Å²) in [5.74, 6) is 1.60. The number of rotatable bonds is 2. The third kappa shape index (κ3) is 1.98. The van der Waals surface area contributed by atoms with Gasteiger partial charge in [0.25, 0.3) is 0 Å². The Morgan fingerprint density at radius 3 is 2.42 bits per heavy atom. The summed E-state index contributed by atoms with van der Waals surface area (Å²) in [6, 6.07) is 25.0. The van der Waals surface area contributed by atoms with Gasteiger partial charge in [-0.3, -0.25) is 0 Å². The highest BCUT2D eigenvalue weighted by molar-refractivity contribution is 6.03. The molecule has 0 atom stereocenters. The topological polar surface area (TPSA) is 34.2 Å². The molecule has 1 aliphatic heterocycles. The van der Waals surface area contributed by atoms with Crippen LogP contribution < -0.4 is 9.47 Å². The molecule has 3 heteroatoms. The van der Waals surface area contributed by atoms with Gasteiger partial charge in [0.05, 0.1) is 5.69 Å². The summed E-state index contributed by atoms with van der Waals surface area (Å²) in [4.78, 5) is 3.57. The molecule has 0 unspecified atom stereocenters. The van der Waals surface area contributed by atoms with E-state index in [0.29, 0.717) is 0 Å². The number of fused-ring (bicyclic) bond motifs is 2. The van der Waals surface area contributed by atoms with Crippen LogP contribution in [0.1, 0.15) is 0 Å². The van der Waals surface area contributed by atoms with Crippen molar-refractivity contribution in [3.63, 3.8) is 0 Å². The van der Waals surface area contributed by atoms with E-state index in [1.807, 2.05) is 18.2 Å². The molecule has 1 N–H and O–H groups in total. The van der Waals surface area contributed by atoms with Gasteiger partial charge in [-0.2, -0.15) is 0 Å². The smallest absolute Gasteiger partial charge is 0.231 e. The minimum atomic E-state index is 0.289. The molecular formula is C21H15NO2. The lowest BCUT2D eigenvalue weighted by Gasteiger charge is -2.07. The highest BCUT2D eigenvalue weighted by Crippen LogP contribution is 2.41. The van der Waals surface area contributed by atoms with Gasteiger partial charge in [-0.05, 0) is 29.8 Å². The van der Waals surface area contributed by atoms with Crippen molar-refractivity contribution in [3.05, 3.63) is 72.8 Å². The molecule has 3 nitrogen and oxygen atoms in total. The standard InChI is InChI=1S/C21H15NO2/c1-2-6-14(7-3-1)20-16-8-4-5-9-17(16)22-21(20)15-10-11-18-19(12-15)24-13-23-18/h1-12,22H,13H2. The normalized spacial score (nSPS) is 12.7. The molecule has 1 aromatic heterocycles. The number of H-pyrrole nitrogens is 1. The first-order chi connectivity index (χ1) is 11.9. The Labute approximate surface area is 139 Å². The quantitative estimate of drug-likeness (QED) is 0.550. The largest absolute Gasteiger partial charge is 0.454 e. The zero-order valence-electron chi connectivity index (χ0n) is 13.0. The van der Waals surface area contributed by atoms with Crippen molar-refractivity contribution in [2.75, 3.05) is 6.79 Å². The van der Waals surface area contributed by atoms with E-state index >= 15 is 0 Å². The summed E-state index contributed by atoms with van der Waals surface area (Å²) >= 11 is 0. The minimum Gasteiger partial charge on any atom is -0.454 e. The van der Waals surface area contributed by atoms with E-state index in [1.165, 1.54) is 16.5 Å². The second kappa shape index (κ2) is 5.17. The molecule has 4 aromatic rings. The maximum atomic E-state index is 5.54. The van der Waals surface area contributed by atoms with Crippen molar-refractivity contribution < 1.29 is 9.47 Å². The Hall–Kier alpha value is -3.20. The molecule has 0 aliphatic carbocycles. The van der Waals surface area contributed by atoms with Crippen LogP contribution in [0.25, 0.3) is 33.3 Å². The minimum absolute atomic E-state index is 0.289. The number of aromatic amines is 1. The summed E-state index contributed by atoms with van der Waals surface area (Å²) in [6.45, 7) is 0.289. The highest BCUT2D eigenvalue weighted by atomic mass is 16.7. The molecule has 0 saturated carbocycles. The molecule has 2 heterocycles. The molecule has 0 amide bonds. The van der Waals surface area contributed by atoms with Gasteiger partial charge in [-0.25, -0.2) is 0 Å². The van der Waals surface area contributed by atoms with Crippen molar-refractivity contribution in [1.82, 2.24) is 4.98 Å². The Kier molecular flexibility index (Phi) is 2.85. The maximum absolute atomic E-state index is 5.54. The maximum Gasteiger partial charge on any atom is 0.231 e. The second-order valence-electron chi connectivity index (χ2n) is 5.85. The Balaban J connectivity index is 1.79. The molecule has 0 radical (unpaired) electrons. The van der Waals surface area contributed by atoms with E-state index in [2.05, 4.69) is 59.6 Å². The Morgan fingerprint density at radius 2 is 1.50 bits per heavy atom. The van der Waals surface area contributed by atoms with Crippen LogP contribution >= 0.6 is 0 Å². The van der Waals surface area contributed by atoms with Crippen LogP contribution in [0.3, 0.4) is 0 Å². The van der Waals surface area contributed by atoms with Gasteiger partial charge in [0.1, 0.15) is 0 Å². The molecule has 0 fully saturated rings. The van der Waals surface area contributed by atoms with Crippen LogP contribution in [-0.2, 0) is 0 Å². The number of aromatic nitrogens is 1. The number of hydrogen-bond donors (Lipinski definition) is 1. The van der Waals surface area contributed by atoms with Crippen LogP contribution in [0.2, 0.25) is 0 Å². The summed E-state index contributed by atoms with van der Waals surface area (Å²) in [7, 11) is 0. The summed E-state index contributed by atoms with van der Waals surface area (Å²) < 4.78 is 11.0.